The van der Waals surface area contributed by atoms with E-state index < -0.39 is 42.6 Å². The highest BCUT2D eigenvalue weighted by Crippen LogP contribution is 2.28. The number of ether oxygens (including phenoxy) is 1. The van der Waals surface area contributed by atoms with Gasteiger partial charge >= 0.3 is 5.97 Å². The van der Waals surface area contributed by atoms with Gasteiger partial charge in [0.2, 0.25) is 0 Å². The number of esters is 1. The molecule has 1 atom stereocenters. The number of carbonyl (C=O) groups is 3. The Morgan fingerprint density at radius 1 is 1.25 bits per heavy atom. The van der Waals surface area contributed by atoms with E-state index in [2.05, 4.69) is 10.4 Å². The molecular formula is C24H29ClFN5O5. The third kappa shape index (κ3) is 6.42. The Balaban J connectivity index is 0.00000222. The third-order valence-electron chi connectivity index (χ3n) is 5.07. The summed E-state index contributed by atoms with van der Waals surface area (Å²) in [6.45, 7) is 4.94. The summed E-state index contributed by atoms with van der Waals surface area (Å²) in [5.41, 5.74) is 9.43. The molecular weight excluding hydrogens is 493 g/mol. The first-order valence-corrected chi connectivity index (χ1v) is 11.7. The average Bonchev–Trinajstić information content (AvgIpc) is 3.31. The lowest BCUT2D eigenvalue weighted by atomic mass is 10.1. The maximum atomic E-state index is 13.1. The number of nitrogens with two attached hydrogens (primary N) is 1. The Morgan fingerprint density at radius 2 is 1.94 bits per heavy atom. The molecule has 1 aromatic carbocycles. The van der Waals surface area contributed by atoms with Crippen LogP contribution in [-0.4, -0.2) is 52.2 Å². The molecule has 3 rings (SSSR count). The Hall–Kier alpha value is -3.86. The molecule has 4 N–H and O–H groups in total. The van der Waals surface area contributed by atoms with Crippen LogP contribution in [0.25, 0.3) is 22.2 Å². The van der Waals surface area contributed by atoms with Gasteiger partial charge in [-0.2, -0.15) is 0 Å². The molecule has 0 aliphatic carbocycles. The standard InChI is InChI=1S/C22H23ClFN5O5.C2H6/c1-3-34-19(31)11-29(18(30)10-24)27-21(32)12(2)28-7-6-14-9-17(26-20(14)22(28)33)13-4-5-16(25)15(23)8-13;1-2/h4-9,12,26H,3,10-11,25H2,1-2H3,(H,27,32);1-2H3. The van der Waals surface area contributed by atoms with Gasteiger partial charge in [0.1, 0.15) is 18.1 Å². The van der Waals surface area contributed by atoms with Crippen LogP contribution in [0.4, 0.5) is 10.1 Å². The minimum atomic E-state index is -1.43. The lowest BCUT2D eigenvalue weighted by molar-refractivity contribution is -0.153. The zero-order chi connectivity index (χ0) is 27.0. The molecule has 10 nitrogen and oxygen atoms in total. The van der Waals surface area contributed by atoms with E-state index in [-0.39, 0.29) is 12.1 Å². The number of H-pyrrole nitrogens is 1. The van der Waals surface area contributed by atoms with Crippen LogP contribution < -0.4 is 16.7 Å². The van der Waals surface area contributed by atoms with Crippen LogP contribution in [0.3, 0.4) is 0 Å². The molecule has 0 bridgehead atoms. The fourth-order valence-corrected chi connectivity index (χ4v) is 3.42. The number of rotatable bonds is 7. The van der Waals surface area contributed by atoms with E-state index in [0.717, 1.165) is 4.57 Å². The molecule has 2 amide bonds. The first-order chi connectivity index (χ1) is 17.2. The summed E-state index contributed by atoms with van der Waals surface area (Å²) in [7, 11) is 0. The van der Waals surface area contributed by atoms with Crippen LogP contribution in [0.5, 0.6) is 0 Å². The fraction of sp³-hybridized carbons (Fsp3) is 0.333. The summed E-state index contributed by atoms with van der Waals surface area (Å²) in [4.78, 5) is 52.3. The summed E-state index contributed by atoms with van der Waals surface area (Å²) >= 11 is 6.09. The molecule has 194 valence electrons. The van der Waals surface area contributed by atoms with E-state index in [0.29, 0.717) is 32.4 Å². The topological polar surface area (TPSA) is 140 Å². The van der Waals surface area contributed by atoms with Crippen molar-refractivity contribution in [3.8, 4) is 11.3 Å². The quantitative estimate of drug-likeness (QED) is 0.248. The van der Waals surface area contributed by atoms with Crippen LogP contribution in [0.15, 0.2) is 41.3 Å². The number of benzene rings is 1. The van der Waals surface area contributed by atoms with Crippen molar-refractivity contribution in [2.75, 3.05) is 25.6 Å². The molecule has 3 aromatic rings. The van der Waals surface area contributed by atoms with Gasteiger partial charge in [-0.25, -0.2) is 9.40 Å². The van der Waals surface area contributed by atoms with Crippen molar-refractivity contribution in [1.29, 1.82) is 0 Å². The minimum absolute atomic E-state index is 0.0525. The largest absolute Gasteiger partial charge is 0.465 e. The molecule has 0 aliphatic heterocycles. The van der Waals surface area contributed by atoms with Gasteiger partial charge in [0.15, 0.2) is 6.67 Å². The van der Waals surface area contributed by atoms with E-state index in [1.165, 1.54) is 13.1 Å². The molecule has 1 unspecified atom stereocenters. The number of nitrogens with one attached hydrogen (secondary N) is 2. The van der Waals surface area contributed by atoms with Crippen molar-refractivity contribution in [3.05, 3.63) is 51.9 Å². The molecule has 2 heterocycles. The molecule has 0 saturated carbocycles. The lowest BCUT2D eigenvalue weighted by Crippen LogP contribution is -2.51. The Bertz CT molecular complexity index is 1310. The number of alkyl halides is 1. The van der Waals surface area contributed by atoms with Gasteiger partial charge in [0, 0.05) is 17.3 Å². The molecule has 0 spiro atoms. The number of anilines is 1. The van der Waals surface area contributed by atoms with E-state index in [1.807, 2.05) is 13.8 Å². The number of hydrogen-bond donors (Lipinski definition) is 3. The number of hydrazine groups is 1. The maximum Gasteiger partial charge on any atom is 0.327 e. The van der Waals surface area contributed by atoms with Crippen LogP contribution in [0, 0.1) is 0 Å². The second-order valence-corrected chi connectivity index (χ2v) is 7.76. The number of nitrogen functional groups attached to an aromatic ring is 1. The number of hydrogen-bond acceptors (Lipinski definition) is 6. The van der Waals surface area contributed by atoms with Gasteiger partial charge in [-0.05, 0) is 43.7 Å². The highest BCUT2D eigenvalue weighted by atomic mass is 35.5. The average molecular weight is 522 g/mol. The first-order valence-electron chi connectivity index (χ1n) is 11.3. The highest BCUT2D eigenvalue weighted by molar-refractivity contribution is 6.33. The summed E-state index contributed by atoms with van der Waals surface area (Å²) in [5.74, 6) is -2.75. The van der Waals surface area contributed by atoms with E-state index in [1.54, 1.807) is 37.3 Å². The van der Waals surface area contributed by atoms with Crippen LogP contribution in [0.2, 0.25) is 5.02 Å². The molecule has 0 fully saturated rings. The molecule has 0 aliphatic rings. The Morgan fingerprint density at radius 3 is 2.56 bits per heavy atom. The first kappa shape index (κ1) is 28.4. The number of aromatic nitrogens is 2. The van der Waals surface area contributed by atoms with Crippen LogP contribution in [0.1, 0.15) is 33.7 Å². The summed E-state index contributed by atoms with van der Waals surface area (Å²) in [6.07, 6.45) is 1.43. The summed E-state index contributed by atoms with van der Waals surface area (Å²) < 4.78 is 18.8. The second kappa shape index (κ2) is 12.7. The smallest absolute Gasteiger partial charge is 0.327 e. The number of nitrogens with zero attached hydrogens (tertiary/aromatic N) is 2. The SMILES string of the molecule is CC.CCOC(=O)CN(NC(=O)C(C)n1ccc2cc(-c3ccc(N)c(Cl)c3)[nH]c2c1=O)C(=O)CF. The lowest BCUT2D eigenvalue weighted by Gasteiger charge is -2.24. The normalized spacial score (nSPS) is 11.3. The van der Waals surface area contributed by atoms with Gasteiger partial charge in [-0.15, -0.1) is 0 Å². The van der Waals surface area contributed by atoms with Crippen molar-refractivity contribution in [3.63, 3.8) is 0 Å². The number of fused-ring (bicyclic) bond motifs is 1. The monoisotopic (exact) mass is 521 g/mol. The van der Waals surface area contributed by atoms with Crippen molar-refractivity contribution >= 4 is 46.0 Å². The van der Waals surface area contributed by atoms with E-state index in [4.69, 9.17) is 22.1 Å². The van der Waals surface area contributed by atoms with Gasteiger partial charge in [0.25, 0.3) is 17.4 Å². The van der Waals surface area contributed by atoms with Crippen molar-refractivity contribution in [2.24, 2.45) is 0 Å². The number of halogens is 2. The highest BCUT2D eigenvalue weighted by Gasteiger charge is 2.24. The van der Waals surface area contributed by atoms with Crippen LogP contribution in [-0.2, 0) is 19.1 Å². The molecule has 0 radical (unpaired) electrons. The third-order valence-corrected chi connectivity index (χ3v) is 5.40. The second-order valence-electron chi connectivity index (χ2n) is 7.35. The van der Waals surface area contributed by atoms with E-state index in [9.17, 15) is 23.6 Å². The number of pyridine rings is 1. The summed E-state index contributed by atoms with van der Waals surface area (Å²) in [6, 6.07) is 7.37. The number of aromatic amines is 1. The predicted octanol–water partition coefficient (Wildman–Crippen LogP) is 3.21. The zero-order valence-corrected chi connectivity index (χ0v) is 21.2. The molecule has 36 heavy (non-hydrogen) atoms. The van der Waals surface area contributed by atoms with Gasteiger partial charge in [-0.1, -0.05) is 31.5 Å². The Kier molecular flexibility index (Phi) is 10.0. The maximum absolute atomic E-state index is 13.1. The predicted molar refractivity (Wildman–Crippen MR) is 136 cm³/mol. The fourth-order valence-electron chi connectivity index (χ4n) is 3.24. The van der Waals surface area contributed by atoms with Crippen molar-refractivity contribution in [2.45, 2.75) is 33.7 Å². The van der Waals surface area contributed by atoms with Gasteiger partial charge < -0.3 is 20.0 Å². The number of carbonyl (C=O) groups excluding carboxylic acids is 3. The number of amides is 2. The van der Waals surface area contributed by atoms with Gasteiger partial charge in [-0.3, -0.25) is 24.6 Å². The minimum Gasteiger partial charge on any atom is -0.465 e. The van der Waals surface area contributed by atoms with Crippen molar-refractivity contribution < 1.29 is 23.5 Å². The zero-order valence-electron chi connectivity index (χ0n) is 20.4. The summed E-state index contributed by atoms with van der Waals surface area (Å²) in [5, 5.41) is 1.50. The van der Waals surface area contributed by atoms with E-state index >= 15 is 0 Å². The Labute approximate surface area is 212 Å². The van der Waals surface area contributed by atoms with Crippen LogP contribution >= 0.6 is 11.6 Å². The van der Waals surface area contributed by atoms with Gasteiger partial charge in [0.05, 0.1) is 17.3 Å². The molecule has 12 heteroatoms. The molecule has 0 saturated heterocycles. The molecule has 2 aromatic heterocycles. The van der Waals surface area contributed by atoms with Crippen molar-refractivity contribution in [1.82, 2.24) is 20.0 Å².